The van der Waals surface area contributed by atoms with Gasteiger partial charge in [0.1, 0.15) is 12.1 Å². The van der Waals surface area contributed by atoms with Gasteiger partial charge in [-0.05, 0) is 55.7 Å². The van der Waals surface area contributed by atoms with E-state index in [-0.39, 0.29) is 0 Å². The molecule has 0 saturated carbocycles. The van der Waals surface area contributed by atoms with E-state index in [1.54, 1.807) is 18.2 Å². The van der Waals surface area contributed by atoms with Crippen LogP contribution in [0.5, 0.6) is 11.5 Å². The average Bonchev–Trinajstić information content (AvgIpc) is 2.67. The topological polar surface area (TPSA) is 69.3 Å². The molecule has 0 amide bonds. The van der Waals surface area contributed by atoms with Crippen LogP contribution in [-0.4, -0.2) is 19.8 Å². The van der Waals surface area contributed by atoms with Gasteiger partial charge >= 0.3 is 0 Å². The van der Waals surface area contributed by atoms with Crippen molar-refractivity contribution < 1.29 is 9.47 Å². The van der Waals surface area contributed by atoms with Crippen molar-refractivity contribution in [3.63, 3.8) is 0 Å². The minimum absolute atomic E-state index is 0.531. The van der Waals surface area contributed by atoms with Gasteiger partial charge in [0, 0.05) is 13.1 Å². The number of hydrogen-bond acceptors (Lipinski definition) is 5. The van der Waals surface area contributed by atoms with Crippen LogP contribution in [0.1, 0.15) is 36.1 Å². The van der Waals surface area contributed by atoms with Crippen LogP contribution in [0.3, 0.4) is 0 Å². The minimum atomic E-state index is 0.531. The molecule has 0 unspecified atom stereocenters. The molecule has 0 bridgehead atoms. The van der Waals surface area contributed by atoms with Gasteiger partial charge in [0.05, 0.1) is 30.0 Å². The summed E-state index contributed by atoms with van der Waals surface area (Å²) in [6, 6.07) is 13.8. The molecule has 0 atom stereocenters. The lowest BCUT2D eigenvalue weighted by molar-refractivity contribution is 0.287. The SMILES string of the molecule is CCOc1cc2c(cc1OCC)CN(c1c(C#N)cccc1C#N)CC2. The van der Waals surface area contributed by atoms with Gasteiger partial charge in [0.15, 0.2) is 11.5 Å². The summed E-state index contributed by atoms with van der Waals surface area (Å²) in [5, 5.41) is 18.9. The summed E-state index contributed by atoms with van der Waals surface area (Å²) in [6.07, 6.45) is 0.826. The lowest BCUT2D eigenvalue weighted by Gasteiger charge is -2.32. The van der Waals surface area contributed by atoms with E-state index >= 15 is 0 Å². The molecule has 0 N–H and O–H groups in total. The lowest BCUT2D eigenvalue weighted by atomic mass is 9.96. The van der Waals surface area contributed by atoms with E-state index in [0.29, 0.717) is 30.9 Å². The zero-order valence-corrected chi connectivity index (χ0v) is 15.1. The molecule has 0 aromatic heterocycles. The summed E-state index contributed by atoms with van der Waals surface area (Å²) < 4.78 is 11.5. The van der Waals surface area contributed by atoms with Gasteiger partial charge in [-0.25, -0.2) is 0 Å². The highest BCUT2D eigenvalue weighted by Gasteiger charge is 2.23. The molecule has 2 aromatic carbocycles. The molecule has 26 heavy (non-hydrogen) atoms. The van der Waals surface area contributed by atoms with E-state index in [4.69, 9.17) is 9.47 Å². The molecule has 1 aliphatic heterocycles. The minimum Gasteiger partial charge on any atom is -0.490 e. The molecule has 0 spiro atoms. The maximum Gasteiger partial charge on any atom is 0.161 e. The largest absolute Gasteiger partial charge is 0.490 e. The van der Waals surface area contributed by atoms with E-state index in [2.05, 4.69) is 23.1 Å². The van der Waals surface area contributed by atoms with E-state index < -0.39 is 0 Å². The molecule has 2 aromatic rings. The first kappa shape index (κ1) is 17.6. The Morgan fingerprint density at radius 3 is 2.08 bits per heavy atom. The molecule has 0 aliphatic carbocycles. The van der Waals surface area contributed by atoms with Crippen LogP contribution in [0.4, 0.5) is 5.69 Å². The zero-order valence-electron chi connectivity index (χ0n) is 15.1. The van der Waals surface area contributed by atoms with E-state index in [9.17, 15) is 10.5 Å². The number of rotatable bonds is 5. The number of benzene rings is 2. The van der Waals surface area contributed by atoms with Gasteiger partial charge in [-0.2, -0.15) is 10.5 Å². The van der Waals surface area contributed by atoms with Crippen molar-refractivity contribution in [1.29, 1.82) is 10.5 Å². The van der Waals surface area contributed by atoms with Crippen molar-refractivity contribution in [1.82, 2.24) is 0 Å². The van der Waals surface area contributed by atoms with E-state index in [1.165, 1.54) is 5.56 Å². The first-order valence-corrected chi connectivity index (χ1v) is 8.81. The van der Waals surface area contributed by atoms with Crippen LogP contribution >= 0.6 is 0 Å². The highest BCUT2D eigenvalue weighted by atomic mass is 16.5. The normalized spacial score (nSPS) is 12.7. The number of anilines is 1. The second kappa shape index (κ2) is 7.80. The standard InChI is InChI=1S/C21H21N3O2/c1-3-25-19-10-15-8-9-24(14-18(15)11-20(19)26-4-2)21-16(12-22)6-5-7-17(21)13-23/h5-7,10-11H,3-4,8-9,14H2,1-2H3. The van der Waals surface area contributed by atoms with Crippen LogP contribution in [0.15, 0.2) is 30.3 Å². The molecule has 0 radical (unpaired) electrons. The number of nitrogens with zero attached hydrogens (tertiary/aromatic N) is 3. The second-order valence-corrected chi connectivity index (χ2v) is 6.03. The lowest BCUT2D eigenvalue weighted by Crippen LogP contribution is -2.31. The third kappa shape index (κ3) is 3.30. The summed E-state index contributed by atoms with van der Waals surface area (Å²) >= 11 is 0. The molecule has 3 rings (SSSR count). The van der Waals surface area contributed by atoms with Crippen molar-refractivity contribution >= 4 is 5.69 Å². The molecule has 1 heterocycles. The van der Waals surface area contributed by atoms with Crippen LogP contribution in [0.25, 0.3) is 0 Å². The summed E-state index contributed by atoms with van der Waals surface area (Å²) in [5.74, 6) is 1.51. The fourth-order valence-corrected chi connectivity index (χ4v) is 3.36. The molecule has 5 nitrogen and oxygen atoms in total. The monoisotopic (exact) mass is 347 g/mol. The predicted molar refractivity (Wildman–Crippen MR) is 99.4 cm³/mol. The summed E-state index contributed by atoms with van der Waals surface area (Å²) in [6.45, 7) is 6.45. The number of nitriles is 2. The number of ether oxygens (including phenoxy) is 2. The van der Waals surface area contributed by atoms with Crippen LogP contribution in [0.2, 0.25) is 0 Å². The van der Waals surface area contributed by atoms with Crippen molar-refractivity contribution in [3.8, 4) is 23.6 Å². The Morgan fingerprint density at radius 2 is 1.54 bits per heavy atom. The zero-order chi connectivity index (χ0) is 18.5. The van der Waals surface area contributed by atoms with E-state index in [1.807, 2.05) is 19.9 Å². The third-order valence-corrected chi connectivity index (χ3v) is 4.47. The van der Waals surface area contributed by atoms with Crippen molar-refractivity contribution in [2.24, 2.45) is 0 Å². The molecular weight excluding hydrogens is 326 g/mol. The van der Waals surface area contributed by atoms with Crippen molar-refractivity contribution in [2.75, 3.05) is 24.7 Å². The highest BCUT2D eigenvalue weighted by Crippen LogP contribution is 2.36. The average molecular weight is 347 g/mol. The Kier molecular flexibility index (Phi) is 5.29. The first-order chi connectivity index (χ1) is 12.7. The van der Waals surface area contributed by atoms with Gasteiger partial charge in [-0.3, -0.25) is 0 Å². The van der Waals surface area contributed by atoms with Gasteiger partial charge < -0.3 is 14.4 Å². The summed E-state index contributed by atoms with van der Waals surface area (Å²) in [4.78, 5) is 2.11. The Labute approximate surface area is 154 Å². The van der Waals surface area contributed by atoms with Crippen molar-refractivity contribution in [2.45, 2.75) is 26.8 Å². The third-order valence-electron chi connectivity index (χ3n) is 4.47. The number of para-hydroxylation sites is 1. The van der Waals surface area contributed by atoms with Gasteiger partial charge in [0.25, 0.3) is 0 Å². The number of hydrogen-bond donors (Lipinski definition) is 0. The van der Waals surface area contributed by atoms with E-state index in [0.717, 1.165) is 35.7 Å². The summed E-state index contributed by atoms with van der Waals surface area (Å²) in [7, 11) is 0. The fourth-order valence-electron chi connectivity index (χ4n) is 3.36. The van der Waals surface area contributed by atoms with Gasteiger partial charge in [-0.15, -0.1) is 0 Å². The number of fused-ring (bicyclic) bond motifs is 1. The highest BCUT2D eigenvalue weighted by molar-refractivity contribution is 5.69. The Morgan fingerprint density at radius 1 is 0.962 bits per heavy atom. The Balaban J connectivity index is 1.99. The van der Waals surface area contributed by atoms with Crippen LogP contribution in [-0.2, 0) is 13.0 Å². The molecule has 1 aliphatic rings. The fraction of sp³-hybridized carbons (Fsp3) is 0.333. The molecular formula is C21H21N3O2. The second-order valence-electron chi connectivity index (χ2n) is 6.03. The van der Waals surface area contributed by atoms with Crippen LogP contribution in [0, 0.1) is 22.7 Å². The smallest absolute Gasteiger partial charge is 0.161 e. The molecule has 5 heteroatoms. The van der Waals surface area contributed by atoms with Crippen molar-refractivity contribution in [3.05, 3.63) is 52.6 Å². The maximum atomic E-state index is 9.45. The molecule has 0 fully saturated rings. The molecule has 0 saturated heterocycles. The van der Waals surface area contributed by atoms with Crippen LogP contribution < -0.4 is 14.4 Å². The first-order valence-electron chi connectivity index (χ1n) is 8.81. The van der Waals surface area contributed by atoms with Gasteiger partial charge in [-0.1, -0.05) is 6.07 Å². The molecule has 132 valence electrons. The van der Waals surface area contributed by atoms with Gasteiger partial charge in [0.2, 0.25) is 0 Å². The quantitative estimate of drug-likeness (QED) is 0.823. The Bertz CT molecular complexity index is 861. The Hall–Kier alpha value is -3.18. The summed E-state index contributed by atoms with van der Waals surface area (Å²) in [5.41, 5.74) is 4.14. The maximum absolute atomic E-state index is 9.45. The predicted octanol–water partition coefficient (Wildman–Crippen LogP) is 3.79.